The van der Waals surface area contributed by atoms with E-state index in [0.29, 0.717) is 54.9 Å². The molecule has 4 N–H and O–H groups in total. The Labute approximate surface area is 305 Å². The second-order valence-corrected chi connectivity index (χ2v) is 12.2. The summed E-state index contributed by atoms with van der Waals surface area (Å²) in [4.78, 5) is 60.5. The number of nitrogens with zero attached hydrogens (tertiary/aromatic N) is 4. The summed E-state index contributed by atoms with van der Waals surface area (Å²) in [5.41, 5.74) is 14.3. The number of halogens is 2. The van der Waals surface area contributed by atoms with Crippen molar-refractivity contribution in [1.82, 2.24) is 19.1 Å². The van der Waals surface area contributed by atoms with Crippen molar-refractivity contribution < 1.29 is 38.1 Å². The van der Waals surface area contributed by atoms with Crippen LogP contribution in [0, 0.1) is 0 Å². The highest BCUT2D eigenvalue weighted by Crippen LogP contribution is 2.38. The van der Waals surface area contributed by atoms with Gasteiger partial charge in [0.2, 0.25) is 0 Å². The van der Waals surface area contributed by atoms with Crippen molar-refractivity contribution in [3.8, 4) is 34.3 Å². The average Bonchev–Trinajstić information content (AvgIpc) is 3.70. The van der Waals surface area contributed by atoms with Crippen molar-refractivity contribution in [1.29, 1.82) is 0 Å². The van der Waals surface area contributed by atoms with Gasteiger partial charge < -0.3 is 39.5 Å². The topological polar surface area (TPSA) is 193 Å². The van der Waals surface area contributed by atoms with Crippen LogP contribution in [0.5, 0.6) is 11.5 Å². The summed E-state index contributed by atoms with van der Waals surface area (Å²) in [6.45, 7) is 0.321. The van der Waals surface area contributed by atoms with E-state index in [-0.39, 0.29) is 46.8 Å². The SMILES string of the molecule is COC(=O)c1cc(Cl)ccc1-c1nc2c(OC)c(C(N)=O)ccc2n1CCn1c(-c2ccc(Cl)cc2C(=O)OC)nc2c(OC)c(C(N)=O)ccc21. The van der Waals surface area contributed by atoms with E-state index in [1.807, 2.05) is 9.13 Å². The number of hydrogen-bond acceptors (Lipinski definition) is 10. The predicted octanol–water partition coefficient (Wildman–Crippen LogP) is 5.52. The van der Waals surface area contributed by atoms with Gasteiger partial charge in [-0.05, 0) is 60.7 Å². The van der Waals surface area contributed by atoms with Crippen LogP contribution in [0.25, 0.3) is 44.8 Å². The Balaban J connectivity index is 1.63. The highest BCUT2D eigenvalue weighted by Gasteiger charge is 2.27. The lowest BCUT2D eigenvalue weighted by atomic mass is 10.1. The summed E-state index contributed by atoms with van der Waals surface area (Å²) in [5.74, 6) is -1.85. The Morgan fingerprint density at radius 1 is 0.596 bits per heavy atom. The minimum atomic E-state index is -0.722. The number of aryl methyl sites for hydroxylation is 2. The number of fused-ring (bicyclic) bond motifs is 2. The van der Waals surface area contributed by atoms with E-state index < -0.39 is 23.8 Å². The van der Waals surface area contributed by atoms with Gasteiger partial charge >= 0.3 is 11.9 Å². The van der Waals surface area contributed by atoms with Gasteiger partial charge in [-0.2, -0.15) is 0 Å². The summed E-state index contributed by atoms with van der Waals surface area (Å²) in [5, 5.41) is 0.590. The molecule has 4 aromatic carbocycles. The highest BCUT2D eigenvalue weighted by atomic mass is 35.5. The molecule has 0 bridgehead atoms. The number of imidazole rings is 2. The van der Waals surface area contributed by atoms with Crippen LogP contribution in [0.2, 0.25) is 10.0 Å². The quantitative estimate of drug-likeness (QED) is 0.160. The highest BCUT2D eigenvalue weighted by molar-refractivity contribution is 6.31. The van der Waals surface area contributed by atoms with E-state index in [4.69, 9.17) is 63.6 Å². The smallest absolute Gasteiger partial charge is 0.338 e. The first-order valence-electron chi connectivity index (χ1n) is 15.4. The van der Waals surface area contributed by atoms with E-state index in [2.05, 4.69) is 0 Å². The standard InChI is InChI=1S/C36H30Cl2N6O8/c1-49-29-21(31(39)45)9-11-25-27(29)41-33(19-7-5-17(37)15-23(19)35(47)51-3)43(25)13-14-44-26-12-10-22(32(40)46)30(50-2)28(26)42-34(44)20-8-6-18(38)16-24(20)36(48)52-4/h5-12,15-16H,13-14H2,1-4H3,(H2,39,45)(H2,40,46). The molecule has 2 heterocycles. The fraction of sp³-hybridized carbons (Fsp3) is 0.167. The molecule has 0 aliphatic heterocycles. The Morgan fingerprint density at radius 3 is 1.31 bits per heavy atom. The Kier molecular flexibility index (Phi) is 9.78. The molecular formula is C36H30Cl2N6O8. The number of carbonyl (C=O) groups excluding carboxylic acids is 4. The van der Waals surface area contributed by atoms with Crippen molar-refractivity contribution >= 4 is 69.0 Å². The number of primary amides is 2. The van der Waals surface area contributed by atoms with Crippen LogP contribution in [-0.4, -0.2) is 71.3 Å². The molecule has 0 unspecified atom stereocenters. The normalized spacial score (nSPS) is 11.1. The van der Waals surface area contributed by atoms with Crippen LogP contribution in [0.15, 0.2) is 60.7 Å². The average molecular weight is 746 g/mol. The third-order valence-corrected chi connectivity index (χ3v) is 8.96. The van der Waals surface area contributed by atoms with Gasteiger partial charge in [0.1, 0.15) is 22.7 Å². The van der Waals surface area contributed by atoms with E-state index in [1.54, 1.807) is 36.4 Å². The predicted molar refractivity (Wildman–Crippen MR) is 193 cm³/mol. The lowest BCUT2D eigenvalue weighted by Crippen LogP contribution is -2.14. The van der Waals surface area contributed by atoms with E-state index in [1.165, 1.54) is 52.7 Å². The summed E-state index contributed by atoms with van der Waals surface area (Å²) in [6.07, 6.45) is 0. The zero-order chi connectivity index (χ0) is 37.4. The van der Waals surface area contributed by atoms with Crippen LogP contribution in [0.1, 0.15) is 41.4 Å². The van der Waals surface area contributed by atoms with Crippen LogP contribution in [0.4, 0.5) is 0 Å². The van der Waals surface area contributed by atoms with Crippen molar-refractivity contribution in [2.24, 2.45) is 11.5 Å². The fourth-order valence-corrected chi connectivity index (χ4v) is 6.52. The van der Waals surface area contributed by atoms with Crippen LogP contribution < -0.4 is 20.9 Å². The molecule has 0 fully saturated rings. The summed E-state index contributed by atoms with van der Waals surface area (Å²) in [6, 6.07) is 15.8. The Morgan fingerprint density at radius 2 is 0.981 bits per heavy atom. The molecule has 6 aromatic rings. The van der Waals surface area contributed by atoms with Crippen molar-refractivity contribution in [3.63, 3.8) is 0 Å². The molecule has 0 radical (unpaired) electrons. The summed E-state index contributed by atoms with van der Waals surface area (Å²) < 4.78 is 25.0. The number of aromatic nitrogens is 4. The zero-order valence-electron chi connectivity index (χ0n) is 28.2. The molecule has 0 aliphatic rings. The molecule has 0 saturated heterocycles. The first-order valence-corrected chi connectivity index (χ1v) is 16.2. The number of benzene rings is 4. The second-order valence-electron chi connectivity index (χ2n) is 11.3. The van der Waals surface area contributed by atoms with Gasteiger partial charge in [-0.25, -0.2) is 19.6 Å². The van der Waals surface area contributed by atoms with Crippen LogP contribution >= 0.6 is 23.2 Å². The third kappa shape index (κ3) is 6.11. The van der Waals surface area contributed by atoms with Gasteiger partial charge in [-0.3, -0.25) is 9.59 Å². The third-order valence-electron chi connectivity index (χ3n) is 8.49. The number of amides is 2. The lowest BCUT2D eigenvalue weighted by molar-refractivity contribution is 0.0592. The molecule has 16 heteroatoms. The number of ether oxygens (including phenoxy) is 4. The summed E-state index contributed by atoms with van der Waals surface area (Å²) >= 11 is 12.6. The van der Waals surface area contributed by atoms with Gasteiger partial charge in [0.15, 0.2) is 11.5 Å². The minimum absolute atomic E-state index is 0.105. The molecular weight excluding hydrogens is 715 g/mol. The molecule has 0 atom stereocenters. The van der Waals surface area contributed by atoms with Gasteiger partial charge in [0.05, 0.1) is 61.7 Å². The second kappa shape index (κ2) is 14.2. The van der Waals surface area contributed by atoms with Gasteiger partial charge in [0.25, 0.3) is 11.8 Å². The maximum atomic E-state index is 13.0. The van der Waals surface area contributed by atoms with Crippen molar-refractivity contribution in [2.75, 3.05) is 28.4 Å². The zero-order valence-corrected chi connectivity index (χ0v) is 29.7. The maximum Gasteiger partial charge on any atom is 0.338 e. The number of carbonyl (C=O) groups is 4. The van der Waals surface area contributed by atoms with E-state index in [0.717, 1.165) is 0 Å². The molecule has 0 spiro atoms. The van der Waals surface area contributed by atoms with Crippen molar-refractivity contribution in [3.05, 3.63) is 93.0 Å². The molecule has 266 valence electrons. The number of hydrogen-bond donors (Lipinski definition) is 2. The van der Waals surface area contributed by atoms with Crippen LogP contribution in [0.3, 0.4) is 0 Å². The number of methoxy groups -OCH3 is 4. The van der Waals surface area contributed by atoms with E-state index >= 15 is 0 Å². The maximum absolute atomic E-state index is 13.0. The molecule has 14 nitrogen and oxygen atoms in total. The van der Waals surface area contributed by atoms with Crippen LogP contribution in [-0.2, 0) is 22.6 Å². The fourth-order valence-electron chi connectivity index (χ4n) is 6.18. The first kappa shape index (κ1) is 35.7. The molecule has 2 aromatic heterocycles. The lowest BCUT2D eigenvalue weighted by Gasteiger charge is -2.16. The molecule has 6 rings (SSSR count). The minimum Gasteiger partial charge on any atom is -0.494 e. The molecule has 52 heavy (non-hydrogen) atoms. The van der Waals surface area contributed by atoms with Crippen molar-refractivity contribution in [2.45, 2.75) is 13.1 Å². The Bertz CT molecular complexity index is 2290. The largest absolute Gasteiger partial charge is 0.494 e. The van der Waals surface area contributed by atoms with Gasteiger partial charge in [0, 0.05) is 34.3 Å². The monoisotopic (exact) mass is 744 g/mol. The molecule has 0 saturated carbocycles. The van der Waals surface area contributed by atoms with Gasteiger partial charge in [-0.1, -0.05) is 23.2 Å². The number of esters is 2. The molecule has 0 aliphatic carbocycles. The first-order chi connectivity index (χ1) is 24.9. The van der Waals surface area contributed by atoms with Gasteiger partial charge in [-0.15, -0.1) is 0 Å². The van der Waals surface area contributed by atoms with E-state index in [9.17, 15) is 19.2 Å². The molecule has 2 amide bonds. The number of rotatable bonds is 11. The Hall–Kier alpha value is -6.12. The summed E-state index contributed by atoms with van der Waals surface area (Å²) in [7, 11) is 5.29. The number of nitrogens with two attached hydrogens (primary N) is 2.